The summed E-state index contributed by atoms with van der Waals surface area (Å²) in [5, 5.41) is 15.4. The predicted molar refractivity (Wildman–Crippen MR) is 122 cm³/mol. The van der Waals surface area contributed by atoms with E-state index in [4.69, 9.17) is 4.74 Å². The van der Waals surface area contributed by atoms with Gasteiger partial charge < -0.3 is 25.2 Å². The van der Waals surface area contributed by atoms with Crippen LogP contribution in [0.5, 0.6) is 5.75 Å². The number of hydrogen-bond donors (Lipinski definition) is 2. The van der Waals surface area contributed by atoms with Gasteiger partial charge in [-0.1, -0.05) is 0 Å². The molecule has 1 aromatic carbocycles. The molecule has 0 spiro atoms. The highest BCUT2D eigenvalue weighted by Crippen LogP contribution is 2.37. The highest BCUT2D eigenvalue weighted by atomic mass is 16.5. The minimum Gasteiger partial charge on any atom is -0.492 e. The zero-order chi connectivity index (χ0) is 22.8. The Hall–Kier alpha value is -4.13. The number of rotatable bonds is 0. The fourth-order valence-electron chi connectivity index (χ4n) is 4.25. The molecular weight excluding hydrogens is 422 g/mol. The third-order valence-electron chi connectivity index (χ3n) is 6.03. The molecule has 0 saturated carbocycles. The van der Waals surface area contributed by atoms with Crippen LogP contribution in [0.25, 0.3) is 5.57 Å². The number of ether oxygens (including phenoxy) is 1. The van der Waals surface area contributed by atoms with Crippen molar-refractivity contribution in [2.75, 3.05) is 48.3 Å². The third-order valence-corrected chi connectivity index (χ3v) is 6.03. The Morgan fingerprint density at radius 3 is 2.70 bits per heavy atom. The maximum atomic E-state index is 12.7. The average Bonchev–Trinajstić information content (AvgIpc) is 3.17. The largest absolute Gasteiger partial charge is 0.492 e. The molecule has 10 heteroatoms. The SMILES string of the molecule is N#Cc1ccc2cc1OCCCCC(=O)N1CCN(CC1)c1ncnc3c1/C(=C/N2)C(=O)N3. The molecular formula is C23H23N7O3. The second kappa shape index (κ2) is 8.78. The van der Waals surface area contributed by atoms with Crippen molar-refractivity contribution in [3.63, 3.8) is 0 Å². The number of aromatic nitrogens is 2. The van der Waals surface area contributed by atoms with Gasteiger partial charge in [-0.25, -0.2) is 9.97 Å². The number of nitriles is 1. The van der Waals surface area contributed by atoms with Gasteiger partial charge in [-0.15, -0.1) is 0 Å². The molecule has 2 aromatic rings. The van der Waals surface area contributed by atoms with E-state index in [1.54, 1.807) is 24.4 Å². The Morgan fingerprint density at radius 2 is 1.88 bits per heavy atom. The number of hydrogen-bond acceptors (Lipinski definition) is 8. The normalized spacial score (nSPS) is 19.8. The van der Waals surface area contributed by atoms with Crippen LogP contribution in [0.2, 0.25) is 0 Å². The van der Waals surface area contributed by atoms with Crippen molar-refractivity contribution >= 4 is 34.7 Å². The summed E-state index contributed by atoms with van der Waals surface area (Å²) >= 11 is 0. The molecule has 33 heavy (non-hydrogen) atoms. The summed E-state index contributed by atoms with van der Waals surface area (Å²) in [6, 6.07) is 7.30. The lowest BCUT2D eigenvalue weighted by molar-refractivity contribution is -0.131. The molecule has 0 radical (unpaired) electrons. The van der Waals surface area contributed by atoms with E-state index in [0.717, 1.165) is 6.42 Å². The van der Waals surface area contributed by atoms with Gasteiger partial charge in [0.05, 0.1) is 23.3 Å². The first-order valence-corrected chi connectivity index (χ1v) is 11.0. The molecule has 5 heterocycles. The zero-order valence-corrected chi connectivity index (χ0v) is 18.0. The number of benzene rings is 1. The van der Waals surface area contributed by atoms with Gasteiger partial charge >= 0.3 is 0 Å². The molecule has 2 amide bonds. The number of nitrogens with one attached hydrogen (secondary N) is 2. The van der Waals surface area contributed by atoms with Crippen LogP contribution in [0.3, 0.4) is 0 Å². The summed E-state index contributed by atoms with van der Waals surface area (Å²) in [6.07, 6.45) is 4.97. The van der Waals surface area contributed by atoms with Crippen molar-refractivity contribution in [1.29, 1.82) is 5.26 Å². The lowest BCUT2D eigenvalue weighted by Crippen LogP contribution is -2.49. The lowest BCUT2D eigenvalue weighted by atomic mass is 10.1. The van der Waals surface area contributed by atoms with Crippen LogP contribution in [-0.2, 0) is 9.59 Å². The highest BCUT2D eigenvalue weighted by Gasteiger charge is 2.32. The summed E-state index contributed by atoms with van der Waals surface area (Å²) in [7, 11) is 0. The van der Waals surface area contributed by atoms with Crippen LogP contribution in [-0.4, -0.2) is 59.5 Å². The van der Waals surface area contributed by atoms with E-state index in [0.29, 0.717) is 85.4 Å². The van der Waals surface area contributed by atoms with Gasteiger partial charge in [0.25, 0.3) is 5.91 Å². The maximum absolute atomic E-state index is 12.7. The second-order valence-corrected chi connectivity index (χ2v) is 8.07. The average molecular weight is 445 g/mol. The predicted octanol–water partition coefficient (Wildman–Crippen LogP) is 1.96. The van der Waals surface area contributed by atoms with Crippen molar-refractivity contribution in [3.8, 4) is 11.8 Å². The van der Waals surface area contributed by atoms with E-state index in [1.165, 1.54) is 6.33 Å². The van der Waals surface area contributed by atoms with Crippen molar-refractivity contribution < 1.29 is 14.3 Å². The molecule has 4 aliphatic rings. The number of fused-ring (bicyclic) bond motifs is 8. The maximum Gasteiger partial charge on any atom is 0.259 e. The molecule has 6 rings (SSSR count). The number of nitrogens with zero attached hydrogens (tertiary/aromatic N) is 5. The van der Waals surface area contributed by atoms with Gasteiger partial charge in [0.1, 0.15) is 29.8 Å². The van der Waals surface area contributed by atoms with Crippen molar-refractivity contribution in [3.05, 3.63) is 41.9 Å². The summed E-state index contributed by atoms with van der Waals surface area (Å²) in [5.74, 6) is 1.46. The number of anilines is 3. The van der Waals surface area contributed by atoms with Crippen LogP contribution >= 0.6 is 0 Å². The highest BCUT2D eigenvalue weighted by molar-refractivity contribution is 6.32. The van der Waals surface area contributed by atoms with E-state index >= 15 is 0 Å². The molecule has 168 valence electrons. The van der Waals surface area contributed by atoms with Crippen molar-refractivity contribution in [2.45, 2.75) is 19.3 Å². The monoisotopic (exact) mass is 445 g/mol. The molecule has 2 N–H and O–H groups in total. The number of carbonyl (C=O) groups is 2. The number of piperazine rings is 1. The Morgan fingerprint density at radius 1 is 1.06 bits per heavy atom. The standard InChI is InChI=1S/C23H23N7O3/c24-12-15-4-5-16-11-18(15)33-10-2-1-3-19(31)29-6-8-30(9-7-29)22-20-17(13-25-16)23(32)28-21(20)26-14-27-22/h4-5,11,13-14,25H,1-3,6-10H2,(H,26,27,28,32)/b17-13-. The van der Waals surface area contributed by atoms with Crippen molar-refractivity contribution in [2.24, 2.45) is 0 Å². The Kier molecular flexibility index (Phi) is 5.52. The van der Waals surface area contributed by atoms with Crippen LogP contribution < -0.4 is 20.3 Å². The van der Waals surface area contributed by atoms with E-state index in [2.05, 4.69) is 31.6 Å². The quantitative estimate of drug-likeness (QED) is 0.631. The van der Waals surface area contributed by atoms with Gasteiger partial charge in [0.2, 0.25) is 5.91 Å². The Balaban J connectivity index is 1.53. The van der Waals surface area contributed by atoms with Gasteiger partial charge in [-0.2, -0.15) is 5.26 Å². The lowest BCUT2D eigenvalue weighted by Gasteiger charge is -2.36. The van der Waals surface area contributed by atoms with Crippen LogP contribution in [0.1, 0.15) is 30.4 Å². The number of amides is 2. The summed E-state index contributed by atoms with van der Waals surface area (Å²) in [5.41, 5.74) is 2.17. The summed E-state index contributed by atoms with van der Waals surface area (Å²) in [4.78, 5) is 38.0. The fourth-order valence-corrected chi connectivity index (χ4v) is 4.25. The molecule has 10 nitrogen and oxygen atoms in total. The molecule has 1 saturated heterocycles. The van der Waals surface area contributed by atoms with Crippen LogP contribution in [0.4, 0.5) is 17.3 Å². The van der Waals surface area contributed by atoms with Gasteiger partial charge in [0.15, 0.2) is 0 Å². The third kappa shape index (κ3) is 4.05. The van der Waals surface area contributed by atoms with Crippen LogP contribution in [0.15, 0.2) is 30.7 Å². The molecule has 4 bridgehead atoms. The Bertz CT molecular complexity index is 1180. The molecule has 0 unspecified atom stereocenters. The van der Waals surface area contributed by atoms with E-state index in [1.807, 2.05) is 4.90 Å². The van der Waals surface area contributed by atoms with Crippen LogP contribution in [0, 0.1) is 11.3 Å². The fraction of sp³-hybridized carbons (Fsp3) is 0.348. The first kappa shape index (κ1) is 20.8. The Labute approximate surface area is 190 Å². The second-order valence-electron chi connectivity index (χ2n) is 8.07. The molecule has 1 aromatic heterocycles. The molecule has 1 fully saturated rings. The van der Waals surface area contributed by atoms with Gasteiger partial charge in [-0.05, 0) is 25.0 Å². The topological polar surface area (TPSA) is 123 Å². The zero-order valence-electron chi connectivity index (χ0n) is 18.0. The van der Waals surface area contributed by atoms with Gasteiger partial charge in [0, 0.05) is 50.6 Å². The first-order valence-electron chi connectivity index (χ1n) is 11.0. The smallest absolute Gasteiger partial charge is 0.259 e. The number of carbonyl (C=O) groups excluding carboxylic acids is 2. The molecule has 4 aliphatic heterocycles. The van der Waals surface area contributed by atoms with Gasteiger partial charge in [-0.3, -0.25) is 9.59 Å². The van der Waals surface area contributed by atoms with E-state index in [-0.39, 0.29) is 11.8 Å². The minimum atomic E-state index is -0.271. The minimum absolute atomic E-state index is 0.130. The summed E-state index contributed by atoms with van der Waals surface area (Å²) < 4.78 is 5.84. The summed E-state index contributed by atoms with van der Waals surface area (Å²) in [6.45, 7) is 2.88. The molecule has 0 atom stereocenters. The molecule has 0 aliphatic carbocycles. The van der Waals surface area contributed by atoms with E-state index in [9.17, 15) is 14.9 Å². The van der Waals surface area contributed by atoms with E-state index < -0.39 is 0 Å². The first-order chi connectivity index (χ1) is 16.1. The van der Waals surface area contributed by atoms with Crippen molar-refractivity contribution in [1.82, 2.24) is 14.9 Å².